The molecule has 21 nitrogen and oxygen atoms in total. The maximum atomic E-state index is 11.6. The number of carbonyl (C=O) groups is 2. The fraction of sp³-hybridized carbons (Fsp3) is 0.370. The number of aromatic nitrogens is 11. The van der Waals surface area contributed by atoms with Gasteiger partial charge in [-0.2, -0.15) is 44.7 Å². The van der Waals surface area contributed by atoms with Crippen molar-refractivity contribution in [2.75, 3.05) is 11.5 Å². The van der Waals surface area contributed by atoms with Crippen LogP contribution in [0.4, 0.5) is 34.6 Å². The zero-order chi connectivity index (χ0) is 34.5. The van der Waals surface area contributed by atoms with Gasteiger partial charge in [-0.05, 0) is 25.7 Å². The number of azo groups is 2. The first-order chi connectivity index (χ1) is 23.0. The van der Waals surface area contributed by atoms with Gasteiger partial charge in [-0.1, -0.05) is 26.7 Å². The van der Waals surface area contributed by atoms with Crippen LogP contribution < -0.4 is 11.5 Å². The number of aryl methyl sites for hydroxylation is 4. The Morgan fingerprint density at radius 2 is 1.15 bits per heavy atom. The van der Waals surface area contributed by atoms with Crippen LogP contribution in [0.2, 0.25) is 0 Å². The smallest absolute Gasteiger partial charge is 0.341 e. The molecule has 48 heavy (non-hydrogen) atoms. The van der Waals surface area contributed by atoms with Crippen molar-refractivity contribution in [2.45, 2.75) is 52.4 Å². The lowest BCUT2D eigenvalue weighted by Gasteiger charge is -2.05. The Balaban J connectivity index is 1.55. The fourth-order valence-electron chi connectivity index (χ4n) is 4.57. The van der Waals surface area contributed by atoms with Gasteiger partial charge in [0.2, 0.25) is 0 Å². The summed E-state index contributed by atoms with van der Waals surface area (Å²) in [5.74, 6) is -2.19. The van der Waals surface area contributed by atoms with E-state index >= 15 is 0 Å². The minimum Gasteiger partial charge on any atom is -0.477 e. The molecule has 5 aromatic rings. The van der Waals surface area contributed by atoms with Crippen molar-refractivity contribution in [3.63, 3.8) is 0 Å². The zero-order valence-electron chi connectivity index (χ0n) is 26.5. The van der Waals surface area contributed by atoms with E-state index in [1.165, 1.54) is 37.4 Å². The molecule has 0 bridgehead atoms. The van der Waals surface area contributed by atoms with Gasteiger partial charge >= 0.3 is 11.9 Å². The summed E-state index contributed by atoms with van der Waals surface area (Å²) in [7, 11) is 3.09. The molecule has 0 fully saturated rings. The molecule has 0 aliphatic rings. The lowest BCUT2D eigenvalue weighted by Crippen LogP contribution is -2.12. The van der Waals surface area contributed by atoms with Gasteiger partial charge in [0.25, 0.3) is 11.9 Å². The largest absolute Gasteiger partial charge is 0.477 e. The van der Waals surface area contributed by atoms with Crippen LogP contribution in [-0.4, -0.2) is 76.2 Å². The molecule has 0 amide bonds. The van der Waals surface area contributed by atoms with Gasteiger partial charge in [0, 0.05) is 14.1 Å². The molecule has 0 radical (unpaired) electrons. The van der Waals surface area contributed by atoms with Gasteiger partial charge in [0.1, 0.15) is 17.5 Å². The Kier molecular flexibility index (Phi) is 9.56. The molecule has 5 rings (SSSR count). The average molecular weight is 660 g/mol. The lowest BCUT2D eigenvalue weighted by atomic mass is 10.2. The number of aromatic carboxylic acids is 2. The lowest BCUT2D eigenvalue weighted by molar-refractivity contribution is 0.0686. The van der Waals surface area contributed by atoms with Gasteiger partial charge in [-0.25, -0.2) is 19.0 Å². The number of nitrogen functional groups attached to an aromatic ring is 2. The van der Waals surface area contributed by atoms with Crippen molar-refractivity contribution in [1.82, 2.24) is 54.1 Å². The number of rotatable bonds is 14. The van der Waals surface area contributed by atoms with Crippen molar-refractivity contribution in [1.29, 1.82) is 0 Å². The first kappa shape index (κ1) is 33.0. The Morgan fingerprint density at radius 1 is 0.729 bits per heavy atom. The highest BCUT2D eigenvalue weighted by molar-refractivity contribution is 5.92. The van der Waals surface area contributed by atoms with Gasteiger partial charge < -0.3 is 21.7 Å². The Bertz CT molecular complexity index is 1890. The van der Waals surface area contributed by atoms with Crippen LogP contribution in [0.5, 0.6) is 0 Å². The number of unbranched alkanes of at least 4 members (excludes halogenated alkanes) is 2. The summed E-state index contributed by atoms with van der Waals surface area (Å²) in [5, 5.41) is 52.9. The van der Waals surface area contributed by atoms with Crippen molar-refractivity contribution in [3.05, 3.63) is 41.2 Å². The molecule has 0 aliphatic carbocycles. The highest BCUT2D eigenvalue weighted by Gasteiger charge is 2.23. The van der Waals surface area contributed by atoms with Crippen LogP contribution in [0.15, 0.2) is 39.2 Å². The van der Waals surface area contributed by atoms with E-state index in [0.717, 1.165) is 25.7 Å². The van der Waals surface area contributed by atoms with Crippen LogP contribution in [0.1, 0.15) is 71.6 Å². The predicted octanol–water partition coefficient (Wildman–Crippen LogP) is 3.79. The second kappa shape index (κ2) is 13.9. The third kappa shape index (κ3) is 6.45. The van der Waals surface area contributed by atoms with Crippen molar-refractivity contribution >= 4 is 46.6 Å². The highest BCUT2D eigenvalue weighted by atomic mass is 16.4. The monoisotopic (exact) mass is 659 g/mol. The standard InChI is InChI=1S/C27H33N17O4/c1-5-7-9-16-18(35-37-22-14(24(45)46)11-32-41(22)3)20(28)43(39-16)26-30-13-31-27(34-26)44-21(29)19(17(40-44)10-8-6-2)36-38-23-15(25(47)48)12-33-42(23)4/h11-13H,5-10,28-29H2,1-4H3,(H,45,46)(H,47,48). The quantitative estimate of drug-likeness (QED) is 0.124. The molecule has 21 heteroatoms. The number of carboxylic acid groups (broad SMARTS) is 2. The molecule has 0 aromatic carbocycles. The number of nitrogens with two attached hydrogens (primary N) is 2. The minimum absolute atomic E-state index is 0.0256. The van der Waals surface area contributed by atoms with Crippen LogP contribution in [0.25, 0.3) is 11.9 Å². The normalized spacial score (nSPS) is 11.8. The number of nitrogens with zero attached hydrogens (tertiary/aromatic N) is 15. The summed E-state index contributed by atoms with van der Waals surface area (Å²) in [4.78, 5) is 36.3. The summed E-state index contributed by atoms with van der Waals surface area (Å²) >= 11 is 0. The highest BCUT2D eigenvalue weighted by Crippen LogP contribution is 2.34. The van der Waals surface area contributed by atoms with Crippen molar-refractivity contribution in [3.8, 4) is 11.9 Å². The fourth-order valence-corrected chi connectivity index (χ4v) is 4.57. The summed E-state index contributed by atoms with van der Waals surface area (Å²) < 4.78 is 5.13. The molecule has 0 atom stereocenters. The molecular weight excluding hydrogens is 626 g/mol. The van der Waals surface area contributed by atoms with E-state index in [2.05, 4.69) is 55.8 Å². The first-order valence-electron chi connectivity index (χ1n) is 14.8. The zero-order valence-corrected chi connectivity index (χ0v) is 26.5. The SMILES string of the molecule is CCCCc1nn(-c2ncnc(-n3nc(CCCC)c(N=Nc4c(C(=O)O)cnn4C)c3N)n2)c(N)c1N=Nc1c(C(=O)O)cnn1C. The van der Waals surface area contributed by atoms with Crippen LogP contribution in [0, 0.1) is 0 Å². The molecule has 0 spiro atoms. The van der Waals surface area contributed by atoms with E-state index in [0.29, 0.717) is 24.2 Å². The summed E-state index contributed by atoms with van der Waals surface area (Å²) in [6.45, 7) is 4.04. The molecule has 0 aliphatic heterocycles. The molecule has 0 saturated heterocycles. The van der Waals surface area contributed by atoms with E-state index in [9.17, 15) is 19.8 Å². The molecule has 250 valence electrons. The Labute approximate surface area is 272 Å². The molecule has 0 unspecified atom stereocenters. The summed E-state index contributed by atoms with van der Waals surface area (Å²) in [6.07, 6.45) is 7.86. The summed E-state index contributed by atoms with van der Waals surface area (Å²) in [5.41, 5.74) is 14.2. The third-order valence-corrected chi connectivity index (χ3v) is 7.15. The van der Waals surface area contributed by atoms with Gasteiger partial charge in [-0.3, -0.25) is 0 Å². The van der Waals surface area contributed by atoms with Gasteiger partial charge in [0.05, 0.1) is 23.8 Å². The van der Waals surface area contributed by atoms with E-state index in [1.807, 2.05) is 13.8 Å². The maximum absolute atomic E-state index is 11.6. The molecule has 5 aromatic heterocycles. The van der Waals surface area contributed by atoms with Gasteiger partial charge in [-0.15, -0.1) is 20.5 Å². The molecule has 6 N–H and O–H groups in total. The van der Waals surface area contributed by atoms with Crippen molar-refractivity contribution in [2.24, 2.45) is 34.6 Å². The predicted molar refractivity (Wildman–Crippen MR) is 169 cm³/mol. The third-order valence-electron chi connectivity index (χ3n) is 7.15. The first-order valence-corrected chi connectivity index (χ1v) is 14.8. The Morgan fingerprint density at radius 3 is 1.52 bits per heavy atom. The number of anilines is 2. The van der Waals surface area contributed by atoms with Crippen LogP contribution in [-0.2, 0) is 26.9 Å². The number of hydrogen-bond donors (Lipinski definition) is 4. The van der Waals surface area contributed by atoms with Gasteiger partial charge in [0.15, 0.2) is 34.6 Å². The summed E-state index contributed by atoms with van der Waals surface area (Å²) in [6, 6.07) is 0. The maximum Gasteiger partial charge on any atom is 0.341 e. The topological polar surface area (TPSA) is 286 Å². The van der Waals surface area contributed by atoms with E-state index < -0.39 is 11.9 Å². The second-order valence-electron chi connectivity index (χ2n) is 10.5. The number of carboxylic acids is 2. The van der Waals surface area contributed by atoms with Crippen molar-refractivity contribution < 1.29 is 19.8 Å². The Hall–Kier alpha value is -6.41. The average Bonchev–Trinajstić information content (AvgIpc) is 3.80. The van der Waals surface area contributed by atoms with Crippen LogP contribution >= 0.6 is 0 Å². The molecule has 5 heterocycles. The number of hydrogen-bond acceptors (Lipinski definition) is 15. The van der Waals surface area contributed by atoms with Crippen LogP contribution in [0.3, 0.4) is 0 Å². The molecular formula is C27H33N17O4. The van der Waals surface area contributed by atoms with E-state index in [4.69, 9.17) is 11.5 Å². The molecule has 0 saturated carbocycles. The second-order valence-corrected chi connectivity index (χ2v) is 10.5. The van der Waals surface area contributed by atoms with E-state index in [-0.39, 0.29) is 57.7 Å². The minimum atomic E-state index is -1.20. The van der Waals surface area contributed by atoms with E-state index in [1.54, 1.807) is 14.1 Å².